The minimum atomic E-state index is -0.122. The summed E-state index contributed by atoms with van der Waals surface area (Å²) in [5.74, 6) is 0.453. The molecule has 2 aromatic heterocycles. The van der Waals surface area contributed by atoms with Crippen molar-refractivity contribution < 1.29 is 0 Å². The topological polar surface area (TPSA) is 58.7 Å². The first-order chi connectivity index (χ1) is 11.9. The summed E-state index contributed by atoms with van der Waals surface area (Å²) in [6, 6.07) is 9.35. The Bertz CT molecular complexity index is 1030. The Morgan fingerprint density at radius 1 is 1.36 bits per heavy atom. The molecular weight excluding hydrogens is 374 g/mol. The Balaban J connectivity index is 2.24. The number of hydrogen-bond donors (Lipinski definition) is 0. The third-order valence-corrected chi connectivity index (χ3v) is 6.49. The molecule has 3 aromatic rings. The smallest absolute Gasteiger partial charge is 0.267 e. The second-order valence-corrected chi connectivity index (χ2v) is 8.44. The number of aromatic nitrogens is 2. The van der Waals surface area contributed by atoms with Crippen molar-refractivity contribution in [3.63, 3.8) is 0 Å². The SMILES string of the molecule is Cc1sc2nc(SC[C@H](C)C#N)n(-c3ccc(Cl)cc3)c(=O)c2c1C. The summed E-state index contributed by atoms with van der Waals surface area (Å²) in [4.78, 5) is 19.8. The fourth-order valence-electron chi connectivity index (χ4n) is 2.43. The molecule has 0 bridgehead atoms. The van der Waals surface area contributed by atoms with Gasteiger partial charge in [0, 0.05) is 15.7 Å². The van der Waals surface area contributed by atoms with E-state index < -0.39 is 0 Å². The number of nitrogens with zero attached hydrogens (tertiary/aromatic N) is 3. The van der Waals surface area contributed by atoms with Crippen LogP contribution in [0.5, 0.6) is 0 Å². The first kappa shape index (κ1) is 18.0. The Kier molecular flexibility index (Phi) is 5.19. The first-order valence-corrected chi connectivity index (χ1v) is 9.91. The van der Waals surface area contributed by atoms with E-state index in [9.17, 15) is 4.79 Å². The van der Waals surface area contributed by atoms with Crippen molar-refractivity contribution in [3.8, 4) is 11.8 Å². The Labute approximate surface area is 159 Å². The maximum atomic E-state index is 13.2. The number of rotatable bonds is 4. The largest absolute Gasteiger partial charge is 0.268 e. The molecule has 1 atom stereocenters. The molecule has 0 aliphatic carbocycles. The molecule has 0 amide bonds. The number of nitriles is 1. The fraction of sp³-hybridized carbons (Fsp3) is 0.278. The van der Waals surface area contributed by atoms with Crippen LogP contribution >= 0.6 is 34.7 Å². The summed E-state index contributed by atoms with van der Waals surface area (Å²) in [7, 11) is 0. The minimum Gasteiger partial charge on any atom is -0.268 e. The predicted octanol–water partition coefficient (Wildman–Crippen LogP) is 4.97. The normalized spacial score (nSPS) is 12.3. The lowest BCUT2D eigenvalue weighted by atomic mass is 10.2. The third-order valence-electron chi connectivity index (χ3n) is 3.94. The average molecular weight is 390 g/mol. The van der Waals surface area contributed by atoms with Crippen LogP contribution in [0.25, 0.3) is 15.9 Å². The van der Waals surface area contributed by atoms with E-state index in [1.165, 1.54) is 23.1 Å². The third kappa shape index (κ3) is 3.45. The van der Waals surface area contributed by atoms with Crippen molar-refractivity contribution in [3.05, 3.63) is 50.1 Å². The maximum absolute atomic E-state index is 13.2. The molecule has 0 saturated carbocycles. The number of hydrogen-bond acceptors (Lipinski definition) is 5. The molecule has 2 heterocycles. The van der Waals surface area contributed by atoms with Crippen LogP contribution in [-0.4, -0.2) is 15.3 Å². The Hall–Kier alpha value is -1.81. The van der Waals surface area contributed by atoms with Crippen LogP contribution in [0.4, 0.5) is 0 Å². The van der Waals surface area contributed by atoms with Gasteiger partial charge in [-0.3, -0.25) is 9.36 Å². The van der Waals surface area contributed by atoms with E-state index in [1.807, 2.05) is 32.9 Å². The molecule has 0 unspecified atom stereocenters. The van der Waals surface area contributed by atoms with Crippen LogP contribution in [0.2, 0.25) is 5.02 Å². The summed E-state index contributed by atoms with van der Waals surface area (Å²) < 4.78 is 1.62. The van der Waals surface area contributed by atoms with Gasteiger partial charge in [0.2, 0.25) is 0 Å². The second kappa shape index (κ2) is 7.20. The molecule has 0 aliphatic heterocycles. The van der Waals surface area contributed by atoms with E-state index in [2.05, 4.69) is 6.07 Å². The number of aryl methyl sites for hydroxylation is 2. The standard InChI is InChI=1S/C18H16ClN3OS2/c1-10(8-20)9-24-18-21-16-15(11(2)12(3)25-16)17(23)22(18)14-6-4-13(19)5-7-14/h4-7,10H,9H2,1-3H3/t10-/m1/s1. The molecule has 0 aliphatic rings. The van der Waals surface area contributed by atoms with E-state index in [-0.39, 0.29) is 11.5 Å². The quantitative estimate of drug-likeness (QED) is 0.467. The first-order valence-electron chi connectivity index (χ1n) is 7.73. The lowest BCUT2D eigenvalue weighted by molar-refractivity contribution is 0.809. The number of halogens is 1. The van der Waals surface area contributed by atoms with E-state index in [4.69, 9.17) is 21.8 Å². The van der Waals surface area contributed by atoms with Crippen molar-refractivity contribution in [2.75, 3.05) is 5.75 Å². The molecule has 0 radical (unpaired) electrons. The summed E-state index contributed by atoms with van der Waals surface area (Å²) >= 11 is 8.94. The molecule has 128 valence electrons. The van der Waals surface area contributed by atoms with Gasteiger partial charge in [0.15, 0.2) is 5.16 Å². The zero-order chi connectivity index (χ0) is 18.1. The zero-order valence-electron chi connectivity index (χ0n) is 14.0. The second-order valence-electron chi connectivity index (χ2n) is 5.82. The van der Waals surface area contributed by atoms with Crippen molar-refractivity contribution in [1.29, 1.82) is 5.26 Å². The highest BCUT2D eigenvalue weighted by Crippen LogP contribution is 2.30. The molecule has 7 heteroatoms. The Morgan fingerprint density at radius 3 is 2.68 bits per heavy atom. The monoisotopic (exact) mass is 389 g/mol. The van der Waals surface area contributed by atoms with Gasteiger partial charge in [-0.15, -0.1) is 11.3 Å². The van der Waals surface area contributed by atoms with Crippen molar-refractivity contribution in [2.45, 2.75) is 25.9 Å². The molecule has 1 aromatic carbocycles. The van der Waals surface area contributed by atoms with Crippen molar-refractivity contribution in [1.82, 2.24) is 9.55 Å². The highest BCUT2D eigenvalue weighted by molar-refractivity contribution is 7.99. The lowest BCUT2D eigenvalue weighted by Crippen LogP contribution is -2.22. The van der Waals surface area contributed by atoms with Gasteiger partial charge in [0.05, 0.1) is 23.1 Å². The van der Waals surface area contributed by atoms with Gasteiger partial charge < -0.3 is 0 Å². The van der Waals surface area contributed by atoms with Crippen LogP contribution in [0.1, 0.15) is 17.4 Å². The van der Waals surface area contributed by atoms with Crippen molar-refractivity contribution >= 4 is 44.9 Å². The molecule has 0 N–H and O–H groups in total. The van der Waals surface area contributed by atoms with Gasteiger partial charge >= 0.3 is 0 Å². The molecule has 4 nitrogen and oxygen atoms in total. The lowest BCUT2D eigenvalue weighted by Gasteiger charge is -2.13. The summed E-state index contributed by atoms with van der Waals surface area (Å²) in [5, 5.41) is 10.9. The molecule has 0 fully saturated rings. The van der Waals surface area contributed by atoms with Crippen molar-refractivity contribution in [2.24, 2.45) is 5.92 Å². The van der Waals surface area contributed by atoms with Gasteiger partial charge in [-0.2, -0.15) is 5.26 Å². The van der Waals surface area contributed by atoms with Crippen LogP contribution in [0.3, 0.4) is 0 Å². The van der Waals surface area contributed by atoms with Gasteiger partial charge in [-0.1, -0.05) is 23.4 Å². The zero-order valence-corrected chi connectivity index (χ0v) is 16.4. The minimum absolute atomic E-state index is 0.0821. The van der Waals surface area contributed by atoms with E-state index >= 15 is 0 Å². The summed E-state index contributed by atoms with van der Waals surface area (Å²) in [6.45, 7) is 5.81. The van der Waals surface area contributed by atoms with Gasteiger partial charge in [-0.25, -0.2) is 4.98 Å². The average Bonchev–Trinajstić information content (AvgIpc) is 2.88. The maximum Gasteiger partial charge on any atom is 0.267 e. The number of thiophene rings is 1. The van der Waals surface area contributed by atoms with Gasteiger partial charge in [-0.05, 0) is 50.6 Å². The molecule has 0 saturated heterocycles. The molecule has 25 heavy (non-hydrogen) atoms. The highest BCUT2D eigenvalue weighted by atomic mass is 35.5. The highest BCUT2D eigenvalue weighted by Gasteiger charge is 2.18. The number of benzene rings is 1. The number of fused-ring (bicyclic) bond motifs is 1. The summed E-state index contributed by atoms with van der Waals surface area (Å²) in [6.07, 6.45) is 0. The van der Waals surface area contributed by atoms with Crippen LogP contribution in [0.15, 0.2) is 34.2 Å². The summed E-state index contributed by atoms with van der Waals surface area (Å²) in [5.41, 5.74) is 1.61. The molecule has 0 spiro atoms. The number of thioether (sulfide) groups is 1. The Morgan fingerprint density at radius 2 is 2.04 bits per heavy atom. The van der Waals surface area contributed by atoms with Gasteiger partial charge in [0.1, 0.15) is 4.83 Å². The van der Waals surface area contributed by atoms with Crippen LogP contribution in [-0.2, 0) is 0 Å². The van der Waals surface area contributed by atoms with Gasteiger partial charge in [0.25, 0.3) is 5.56 Å². The predicted molar refractivity (Wildman–Crippen MR) is 105 cm³/mol. The fourth-order valence-corrected chi connectivity index (χ4v) is 4.58. The van der Waals surface area contributed by atoms with E-state index in [0.29, 0.717) is 21.3 Å². The molecule has 3 rings (SSSR count). The van der Waals surface area contributed by atoms with E-state index in [1.54, 1.807) is 16.7 Å². The van der Waals surface area contributed by atoms with Crippen LogP contribution in [0, 0.1) is 31.1 Å². The van der Waals surface area contributed by atoms with E-state index in [0.717, 1.165) is 21.0 Å². The van der Waals surface area contributed by atoms with Crippen LogP contribution < -0.4 is 5.56 Å². The molecular formula is C18H16ClN3OS2.